The van der Waals surface area contributed by atoms with Gasteiger partial charge in [0.15, 0.2) is 5.70 Å². The number of aliphatic imine (C=N–C) groups is 1. The fraction of sp³-hybridized carbons (Fsp3) is 0.200. The van der Waals surface area contributed by atoms with Crippen LogP contribution in [0, 0.1) is 3.57 Å². The standard InChI is InChI=1S/C20H18INO2/c1-20(2,3)15-8-4-13(5-9-15)12-17-19(23)24-18(22-17)14-6-10-16(21)11-7-14/h4-12H,1-3H3/b17-12-. The lowest BCUT2D eigenvalue weighted by atomic mass is 9.87. The number of carbonyl (C=O) groups excluding carboxylic acids is 1. The summed E-state index contributed by atoms with van der Waals surface area (Å²) in [4.78, 5) is 16.4. The van der Waals surface area contributed by atoms with Crippen LogP contribution in [0.5, 0.6) is 0 Å². The molecule has 0 saturated carbocycles. The minimum atomic E-state index is -0.413. The molecule has 24 heavy (non-hydrogen) atoms. The van der Waals surface area contributed by atoms with Crippen molar-refractivity contribution in [2.24, 2.45) is 4.99 Å². The number of esters is 1. The highest BCUT2D eigenvalue weighted by molar-refractivity contribution is 14.1. The molecule has 3 nitrogen and oxygen atoms in total. The minimum Gasteiger partial charge on any atom is -0.402 e. The normalized spacial score (nSPS) is 16.2. The molecule has 0 unspecified atom stereocenters. The number of halogens is 1. The number of benzene rings is 2. The van der Waals surface area contributed by atoms with Gasteiger partial charge in [-0.1, -0.05) is 45.0 Å². The highest BCUT2D eigenvalue weighted by Gasteiger charge is 2.24. The SMILES string of the molecule is CC(C)(C)c1ccc(/C=C2\N=C(c3ccc(I)cc3)OC2=O)cc1. The van der Waals surface area contributed by atoms with E-state index in [-0.39, 0.29) is 5.41 Å². The first-order valence-electron chi connectivity index (χ1n) is 7.72. The molecular formula is C20H18INO2. The van der Waals surface area contributed by atoms with Gasteiger partial charge in [-0.05, 0) is 69.5 Å². The Kier molecular flexibility index (Phi) is 4.58. The van der Waals surface area contributed by atoms with Gasteiger partial charge in [-0.2, -0.15) is 0 Å². The lowest BCUT2D eigenvalue weighted by Crippen LogP contribution is -2.10. The van der Waals surface area contributed by atoms with E-state index in [1.165, 1.54) is 5.56 Å². The zero-order valence-corrected chi connectivity index (χ0v) is 16.0. The summed E-state index contributed by atoms with van der Waals surface area (Å²) in [6.07, 6.45) is 1.76. The van der Waals surface area contributed by atoms with Crippen molar-refractivity contribution in [1.29, 1.82) is 0 Å². The van der Waals surface area contributed by atoms with Gasteiger partial charge >= 0.3 is 5.97 Å². The summed E-state index contributed by atoms with van der Waals surface area (Å²) in [5.74, 6) is -0.0580. The lowest BCUT2D eigenvalue weighted by molar-refractivity contribution is -0.129. The smallest absolute Gasteiger partial charge is 0.363 e. The number of nitrogens with zero attached hydrogens (tertiary/aromatic N) is 1. The minimum absolute atomic E-state index is 0.105. The van der Waals surface area contributed by atoms with Gasteiger partial charge in [0.25, 0.3) is 0 Å². The van der Waals surface area contributed by atoms with Crippen molar-refractivity contribution in [3.63, 3.8) is 0 Å². The van der Waals surface area contributed by atoms with Crippen molar-refractivity contribution in [3.05, 3.63) is 74.5 Å². The second-order valence-electron chi connectivity index (χ2n) is 6.71. The number of ether oxygens (including phenoxy) is 1. The molecule has 0 saturated heterocycles. The molecule has 0 aromatic heterocycles. The van der Waals surface area contributed by atoms with Crippen LogP contribution in [-0.4, -0.2) is 11.9 Å². The van der Waals surface area contributed by atoms with E-state index in [4.69, 9.17) is 4.74 Å². The van der Waals surface area contributed by atoms with Gasteiger partial charge in [0.1, 0.15) is 0 Å². The molecule has 3 rings (SSSR count). The van der Waals surface area contributed by atoms with Crippen LogP contribution in [0.1, 0.15) is 37.5 Å². The lowest BCUT2D eigenvalue weighted by Gasteiger charge is -2.18. The molecule has 1 aliphatic rings. The van der Waals surface area contributed by atoms with E-state index in [2.05, 4.69) is 60.5 Å². The van der Waals surface area contributed by atoms with E-state index in [1.807, 2.05) is 36.4 Å². The van der Waals surface area contributed by atoms with Crippen LogP contribution in [0.4, 0.5) is 0 Å². The molecule has 0 aliphatic carbocycles. The molecule has 0 atom stereocenters. The van der Waals surface area contributed by atoms with Crippen LogP contribution in [0.3, 0.4) is 0 Å². The van der Waals surface area contributed by atoms with Crippen LogP contribution in [-0.2, 0) is 14.9 Å². The molecular weight excluding hydrogens is 413 g/mol. The fourth-order valence-electron chi connectivity index (χ4n) is 2.36. The van der Waals surface area contributed by atoms with Crippen molar-refractivity contribution in [3.8, 4) is 0 Å². The number of cyclic esters (lactones) is 1. The zero-order chi connectivity index (χ0) is 17.3. The molecule has 0 amide bonds. The predicted octanol–water partition coefficient (Wildman–Crippen LogP) is 4.93. The van der Waals surface area contributed by atoms with Crippen molar-refractivity contribution in [2.75, 3.05) is 0 Å². The van der Waals surface area contributed by atoms with Crippen LogP contribution in [0.25, 0.3) is 6.08 Å². The summed E-state index contributed by atoms with van der Waals surface area (Å²) in [6, 6.07) is 15.9. The van der Waals surface area contributed by atoms with E-state index in [9.17, 15) is 4.79 Å². The quantitative estimate of drug-likeness (QED) is 0.384. The number of hydrogen-bond donors (Lipinski definition) is 0. The first-order chi connectivity index (χ1) is 11.3. The molecule has 0 N–H and O–H groups in total. The summed E-state index contributed by atoms with van der Waals surface area (Å²) in [5.41, 5.74) is 3.42. The molecule has 0 fully saturated rings. The second kappa shape index (κ2) is 6.51. The largest absolute Gasteiger partial charge is 0.402 e. The van der Waals surface area contributed by atoms with Crippen LogP contribution >= 0.6 is 22.6 Å². The Balaban J connectivity index is 1.87. The summed E-state index contributed by atoms with van der Waals surface area (Å²) in [5, 5.41) is 0. The Morgan fingerprint density at radius 3 is 2.21 bits per heavy atom. The van der Waals surface area contributed by atoms with Gasteiger partial charge in [-0.3, -0.25) is 0 Å². The number of hydrogen-bond acceptors (Lipinski definition) is 3. The third-order valence-electron chi connectivity index (χ3n) is 3.79. The van der Waals surface area contributed by atoms with Crippen molar-refractivity contribution >= 4 is 40.5 Å². The summed E-state index contributed by atoms with van der Waals surface area (Å²) in [6.45, 7) is 6.52. The molecule has 4 heteroatoms. The van der Waals surface area contributed by atoms with Crippen molar-refractivity contribution in [2.45, 2.75) is 26.2 Å². The van der Waals surface area contributed by atoms with Crippen LogP contribution in [0.15, 0.2) is 59.2 Å². The maximum Gasteiger partial charge on any atom is 0.363 e. The zero-order valence-electron chi connectivity index (χ0n) is 13.8. The highest BCUT2D eigenvalue weighted by atomic mass is 127. The molecule has 2 aromatic rings. The summed E-state index contributed by atoms with van der Waals surface area (Å²) in [7, 11) is 0. The number of rotatable bonds is 2. The molecule has 122 valence electrons. The first-order valence-corrected chi connectivity index (χ1v) is 8.80. The number of carbonyl (C=O) groups is 1. The molecule has 0 bridgehead atoms. The summed E-state index contributed by atoms with van der Waals surface area (Å²) < 4.78 is 6.41. The molecule has 0 radical (unpaired) electrons. The Morgan fingerprint density at radius 1 is 1.00 bits per heavy atom. The Hall–Kier alpha value is -1.95. The third-order valence-corrected chi connectivity index (χ3v) is 4.51. The second-order valence-corrected chi connectivity index (χ2v) is 7.96. The Labute approximate surface area is 155 Å². The van der Waals surface area contributed by atoms with Crippen molar-refractivity contribution < 1.29 is 9.53 Å². The fourth-order valence-corrected chi connectivity index (χ4v) is 2.72. The van der Waals surface area contributed by atoms with E-state index < -0.39 is 5.97 Å². The summed E-state index contributed by atoms with van der Waals surface area (Å²) >= 11 is 2.23. The Bertz CT molecular complexity index is 825. The maximum atomic E-state index is 12.0. The molecule has 0 spiro atoms. The monoisotopic (exact) mass is 431 g/mol. The molecule has 1 aliphatic heterocycles. The van der Waals surface area contributed by atoms with Gasteiger partial charge in [0.2, 0.25) is 5.90 Å². The third kappa shape index (κ3) is 3.75. The molecule has 2 aromatic carbocycles. The molecule has 1 heterocycles. The average Bonchev–Trinajstić information content (AvgIpc) is 2.89. The van der Waals surface area contributed by atoms with E-state index in [0.29, 0.717) is 11.6 Å². The van der Waals surface area contributed by atoms with Gasteiger partial charge < -0.3 is 4.74 Å². The maximum absolute atomic E-state index is 12.0. The first kappa shape index (κ1) is 16.9. The van der Waals surface area contributed by atoms with Crippen LogP contribution in [0.2, 0.25) is 0 Å². The van der Waals surface area contributed by atoms with Gasteiger partial charge in [-0.15, -0.1) is 0 Å². The van der Waals surface area contributed by atoms with E-state index in [0.717, 1.165) is 14.7 Å². The predicted molar refractivity (Wildman–Crippen MR) is 105 cm³/mol. The van der Waals surface area contributed by atoms with E-state index in [1.54, 1.807) is 6.08 Å². The Morgan fingerprint density at radius 2 is 1.62 bits per heavy atom. The average molecular weight is 431 g/mol. The van der Waals surface area contributed by atoms with Crippen LogP contribution < -0.4 is 0 Å². The highest BCUT2D eigenvalue weighted by Crippen LogP contribution is 2.24. The van der Waals surface area contributed by atoms with Gasteiger partial charge in [-0.25, -0.2) is 9.79 Å². The van der Waals surface area contributed by atoms with Gasteiger partial charge in [0.05, 0.1) is 0 Å². The van der Waals surface area contributed by atoms with Crippen molar-refractivity contribution in [1.82, 2.24) is 0 Å². The van der Waals surface area contributed by atoms with E-state index >= 15 is 0 Å². The topological polar surface area (TPSA) is 38.7 Å². The van der Waals surface area contributed by atoms with Gasteiger partial charge in [0, 0.05) is 9.13 Å².